The number of anilines is 1. The van der Waals surface area contributed by atoms with E-state index >= 15 is 0 Å². The van der Waals surface area contributed by atoms with Gasteiger partial charge in [0.2, 0.25) is 0 Å². The fourth-order valence-corrected chi connectivity index (χ4v) is 3.44. The largest absolute Gasteiger partial charge is 0.491 e. The van der Waals surface area contributed by atoms with Gasteiger partial charge in [0.25, 0.3) is 11.8 Å². The van der Waals surface area contributed by atoms with Crippen molar-refractivity contribution < 1.29 is 19.1 Å². The lowest BCUT2D eigenvalue weighted by atomic mass is 10.2. The standard InChI is InChI=1S/C23H27N3O4S/c1-2-29-14-15-30-20-7-5-6-18(16-20)21(27)25-23(31)24-19-10-8-17(9-11-19)22(28)26-12-3-4-13-26/h5-11,16H,2-4,12-15H2,1H3,(H2,24,25,27,31). The van der Waals surface area contributed by atoms with Crippen LogP contribution in [0.15, 0.2) is 48.5 Å². The Morgan fingerprint density at radius 3 is 2.48 bits per heavy atom. The van der Waals surface area contributed by atoms with Crippen molar-refractivity contribution in [1.82, 2.24) is 10.2 Å². The number of rotatable bonds is 8. The first-order valence-electron chi connectivity index (χ1n) is 10.4. The lowest BCUT2D eigenvalue weighted by molar-refractivity contribution is 0.0792. The molecule has 0 aromatic heterocycles. The predicted octanol–water partition coefficient (Wildman–Crippen LogP) is 3.46. The number of amides is 2. The van der Waals surface area contributed by atoms with E-state index < -0.39 is 0 Å². The Morgan fingerprint density at radius 1 is 1.03 bits per heavy atom. The van der Waals surface area contributed by atoms with Gasteiger partial charge in [-0.15, -0.1) is 0 Å². The molecule has 0 bridgehead atoms. The zero-order valence-corrected chi connectivity index (χ0v) is 18.4. The summed E-state index contributed by atoms with van der Waals surface area (Å²) in [7, 11) is 0. The Hall–Kier alpha value is -2.97. The molecule has 1 fully saturated rings. The van der Waals surface area contributed by atoms with Crippen LogP contribution in [-0.2, 0) is 4.74 Å². The summed E-state index contributed by atoms with van der Waals surface area (Å²) in [6, 6.07) is 13.9. The molecule has 31 heavy (non-hydrogen) atoms. The molecule has 0 aliphatic carbocycles. The maximum Gasteiger partial charge on any atom is 0.257 e. The molecular formula is C23H27N3O4S. The normalized spacial score (nSPS) is 13.0. The number of likely N-dealkylation sites (tertiary alicyclic amines) is 1. The summed E-state index contributed by atoms with van der Waals surface area (Å²) in [6.07, 6.45) is 2.11. The Bertz CT molecular complexity index is 911. The minimum absolute atomic E-state index is 0.0447. The molecule has 3 rings (SSSR count). The van der Waals surface area contributed by atoms with Crippen molar-refractivity contribution in [2.45, 2.75) is 19.8 Å². The highest BCUT2D eigenvalue weighted by Crippen LogP contribution is 2.16. The van der Waals surface area contributed by atoms with Crippen LogP contribution in [0, 0.1) is 0 Å². The second-order valence-electron chi connectivity index (χ2n) is 7.06. The van der Waals surface area contributed by atoms with E-state index in [2.05, 4.69) is 10.6 Å². The molecule has 2 aromatic carbocycles. The number of carbonyl (C=O) groups is 2. The van der Waals surface area contributed by atoms with E-state index in [4.69, 9.17) is 21.7 Å². The van der Waals surface area contributed by atoms with Gasteiger partial charge >= 0.3 is 0 Å². The summed E-state index contributed by atoms with van der Waals surface area (Å²) in [5, 5.41) is 5.80. The summed E-state index contributed by atoms with van der Waals surface area (Å²) in [5.74, 6) is 0.293. The van der Waals surface area contributed by atoms with E-state index in [1.807, 2.05) is 11.8 Å². The summed E-state index contributed by atoms with van der Waals surface area (Å²) < 4.78 is 10.8. The SMILES string of the molecule is CCOCCOc1cccc(C(=O)NC(=S)Nc2ccc(C(=O)N3CCCC3)cc2)c1. The van der Waals surface area contributed by atoms with Gasteiger partial charge in [-0.1, -0.05) is 6.07 Å². The van der Waals surface area contributed by atoms with Gasteiger partial charge < -0.3 is 19.7 Å². The molecule has 1 saturated heterocycles. The van der Waals surface area contributed by atoms with Gasteiger partial charge in [0.05, 0.1) is 6.61 Å². The number of ether oxygens (including phenoxy) is 2. The maximum absolute atomic E-state index is 12.5. The van der Waals surface area contributed by atoms with Crippen molar-refractivity contribution in [3.63, 3.8) is 0 Å². The summed E-state index contributed by atoms with van der Waals surface area (Å²) >= 11 is 5.25. The van der Waals surface area contributed by atoms with Crippen molar-refractivity contribution in [3.8, 4) is 5.75 Å². The summed E-state index contributed by atoms with van der Waals surface area (Å²) in [6.45, 7) is 5.08. The van der Waals surface area contributed by atoms with E-state index in [1.54, 1.807) is 48.5 Å². The molecular weight excluding hydrogens is 414 g/mol. The number of nitrogens with zero attached hydrogens (tertiary/aromatic N) is 1. The number of nitrogens with one attached hydrogen (secondary N) is 2. The monoisotopic (exact) mass is 441 g/mol. The van der Waals surface area contributed by atoms with Gasteiger partial charge in [-0.25, -0.2) is 0 Å². The van der Waals surface area contributed by atoms with Gasteiger partial charge in [-0.3, -0.25) is 14.9 Å². The molecule has 0 spiro atoms. The molecule has 1 aliphatic rings. The molecule has 0 radical (unpaired) electrons. The molecule has 7 nitrogen and oxygen atoms in total. The lowest BCUT2D eigenvalue weighted by Gasteiger charge is -2.15. The lowest BCUT2D eigenvalue weighted by Crippen LogP contribution is -2.34. The highest BCUT2D eigenvalue weighted by atomic mass is 32.1. The van der Waals surface area contributed by atoms with Crippen LogP contribution < -0.4 is 15.4 Å². The molecule has 1 heterocycles. The van der Waals surface area contributed by atoms with Crippen molar-refractivity contribution in [3.05, 3.63) is 59.7 Å². The van der Waals surface area contributed by atoms with E-state index in [-0.39, 0.29) is 16.9 Å². The highest BCUT2D eigenvalue weighted by Gasteiger charge is 2.19. The number of hydrogen-bond acceptors (Lipinski definition) is 5. The minimum atomic E-state index is -0.339. The third-order valence-corrected chi connectivity index (χ3v) is 5.01. The zero-order valence-electron chi connectivity index (χ0n) is 17.6. The average molecular weight is 442 g/mol. The topological polar surface area (TPSA) is 79.9 Å². The molecule has 8 heteroatoms. The molecule has 2 N–H and O–H groups in total. The molecule has 1 aliphatic heterocycles. The first kappa shape index (κ1) is 22.7. The van der Waals surface area contributed by atoms with Crippen molar-refractivity contribution in [1.29, 1.82) is 0 Å². The van der Waals surface area contributed by atoms with Crippen LogP contribution in [0.4, 0.5) is 5.69 Å². The Kier molecular flexibility index (Phi) is 8.37. The van der Waals surface area contributed by atoms with Crippen LogP contribution in [0.3, 0.4) is 0 Å². The summed E-state index contributed by atoms with van der Waals surface area (Å²) in [5.41, 5.74) is 1.77. The van der Waals surface area contributed by atoms with Gasteiger partial charge in [0.15, 0.2) is 5.11 Å². The van der Waals surface area contributed by atoms with Crippen LogP contribution in [0.1, 0.15) is 40.5 Å². The highest BCUT2D eigenvalue weighted by molar-refractivity contribution is 7.80. The fourth-order valence-electron chi connectivity index (χ4n) is 3.23. The fraction of sp³-hybridized carbons (Fsp3) is 0.348. The second kappa shape index (κ2) is 11.4. The number of hydrogen-bond donors (Lipinski definition) is 2. The van der Waals surface area contributed by atoms with Crippen LogP contribution in [0.2, 0.25) is 0 Å². The van der Waals surface area contributed by atoms with Gasteiger partial charge in [-0.2, -0.15) is 0 Å². The van der Waals surface area contributed by atoms with E-state index in [0.717, 1.165) is 25.9 Å². The molecule has 2 amide bonds. The second-order valence-corrected chi connectivity index (χ2v) is 7.47. The van der Waals surface area contributed by atoms with E-state index in [1.165, 1.54) is 0 Å². The van der Waals surface area contributed by atoms with Crippen LogP contribution in [0.25, 0.3) is 0 Å². The smallest absolute Gasteiger partial charge is 0.257 e. The predicted molar refractivity (Wildman–Crippen MR) is 124 cm³/mol. The van der Waals surface area contributed by atoms with Crippen molar-refractivity contribution in [2.75, 3.05) is 38.2 Å². The molecule has 2 aromatic rings. The van der Waals surface area contributed by atoms with Gasteiger partial charge in [0, 0.05) is 36.5 Å². The number of carbonyl (C=O) groups excluding carboxylic acids is 2. The Labute approximate surface area is 187 Å². The minimum Gasteiger partial charge on any atom is -0.491 e. The average Bonchev–Trinajstić information content (AvgIpc) is 3.32. The molecule has 0 saturated carbocycles. The van der Waals surface area contributed by atoms with E-state index in [0.29, 0.717) is 42.4 Å². The molecule has 164 valence electrons. The summed E-state index contributed by atoms with van der Waals surface area (Å²) in [4.78, 5) is 26.8. The van der Waals surface area contributed by atoms with Gasteiger partial charge in [0.1, 0.15) is 12.4 Å². The van der Waals surface area contributed by atoms with Crippen molar-refractivity contribution in [2.24, 2.45) is 0 Å². The van der Waals surface area contributed by atoms with Gasteiger partial charge in [-0.05, 0) is 74.4 Å². The van der Waals surface area contributed by atoms with Crippen molar-refractivity contribution >= 4 is 34.8 Å². The first-order valence-corrected chi connectivity index (χ1v) is 10.8. The maximum atomic E-state index is 12.5. The van der Waals surface area contributed by atoms with Crippen LogP contribution in [0.5, 0.6) is 5.75 Å². The Balaban J connectivity index is 1.51. The van der Waals surface area contributed by atoms with Crippen LogP contribution in [-0.4, -0.2) is 54.7 Å². The number of benzene rings is 2. The first-order chi connectivity index (χ1) is 15.1. The molecule has 0 unspecified atom stereocenters. The Morgan fingerprint density at radius 2 is 1.77 bits per heavy atom. The quantitative estimate of drug-likeness (QED) is 0.482. The van der Waals surface area contributed by atoms with Crippen LogP contribution >= 0.6 is 12.2 Å². The van der Waals surface area contributed by atoms with E-state index in [9.17, 15) is 9.59 Å². The third kappa shape index (κ3) is 6.77. The third-order valence-electron chi connectivity index (χ3n) is 4.81. The number of thiocarbonyl (C=S) groups is 1. The zero-order chi connectivity index (χ0) is 22.1. The molecule has 0 atom stereocenters.